The van der Waals surface area contributed by atoms with Gasteiger partial charge in [0.2, 0.25) is 0 Å². The van der Waals surface area contributed by atoms with Gasteiger partial charge in [0.05, 0.1) is 9.79 Å². The number of hydrogen-bond donors (Lipinski definition) is 0. The van der Waals surface area contributed by atoms with E-state index in [9.17, 15) is 8.42 Å². The first-order valence-electron chi connectivity index (χ1n) is 9.01. The molecule has 6 heteroatoms. The van der Waals surface area contributed by atoms with Gasteiger partial charge < -0.3 is 0 Å². The van der Waals surface area contributed by atoms with Crippen LogP contribution in [-0.2, 0) is 10.1 Å². The fourth-order valence-corrected chi connectivity index (χ4v) is 8.93. The van der Waals surface area contributed by atoms with E-state index in [1.807, 2.05) is 67.6 Å². The van der Waals surface area contributed by atoms with E-state index in [1.165, 1.54) is 0 Å². The van der Waals surface area contributed by atoms with Gasteiger partial charge in [0, 0.05) is 21.9 Å². The Kier molecular flexibility index (Phi) is 6.83. The molecular formula is C22H24ClO3S2+. The SMILES string of the molecule is Cc1ccc(S(=O)(=O)[OH+]S(CCCCl)(c2ccccc2)c2ccccc2)cc1. The molecule has 0 aliphatic heterocycles. The monoisotopic (exact) mass is 435 g/mol. The lowest BCUT2D eigenvalue weighted by Crippen LogP contribution is -2.21. The van der Waals surface area contributed by atoms with Crippen molar-refractivity contribution in [3.8, 4) is 0 Å². The normalized spacial score (nSPS) is 12.6. The number of aryl methyl sites for hydroxylation is 1. The van der Waals surface area contributed by atoms with Crippen molar-refractivity contribution >= 4 is 32.0 Å². The van der Waals surface area contributed by atoms with Gasteiger partial charge >= 0.3 is 10.1 Å². The van der Waals surface area contributed by atoms with Gasteiger partial charge in [-0.1, -0.05) is 54.1 Å². The van der Waals surface area contributed by atoms with Gasteiger partial charge in [0.15, 0.2) is 0 Å². The minimum Gasteiger partial charge on any atom is -0.261 e. The standard InChI is InChI=1S/C22H23ClO3S2/c1-19-13-15-22(16-14-19)28(24,25)26-27(18-8-17-23,20-9-4-2-5-10-20)21-11-6-3-7-12-21/h2-7,9-16H,8,17-18H2,1H3/p+1. The second kappa shape index (κ2) is 9.14. The van der Waals surface area contributed by atoms with Crippen LogP contribution in [0, 0.1) is 6.92 Å². The topological polar surface area (TPSA) is 46.9 Å². The van der Waals surface area contributed by atoms with Crippen LogP contribution >= 0.6 is 21.9 Å². The van der Waals surface area contributed by atoms with Crippen LogP contribution in [0.15, 0.2) is 99.6 Å². The lowest BCUT2D eigenvalue weighted by Gasteiger charge is -2.34. The van der Waals surface area contributed by atoms with Crippen molar-refractivity contribution in [2.45, 2.75) is 28.0 Å². The van der Waals surface area contributed by atoms with Crippen LogP contribution in [0.4, 0.5) is 0 Å². The zero-order valence-electron chi connectivity index (χ0n) is 15.7. The van der Waals surface area contributed by atoms with Crippen LogP contribution in [0.5, 0.6) is 0 Å². The number of halogens is 1. The minimum absolute atomic E-state index is 0.215. The summed E-state index contributed by atoms with van der Waals surface area (Å²) in [4.78, 5) is 2.05. The first-order chi connectivity index (χ1) is 13.5. The van der Waals surface area contributed by atoms with E-state index >= 15 is 0 Å². The Labute approximate surface area is 174 Å². The molecule has 28 heavy (non-hydrogen) atoms. The van der Waals surface area contributed by atoms with Crippen LogP contribution in [-0.4, -0.2) is 23.7 Å². The number of rotatable bonds is 8. The van der Waals surface area contributed by atoms with Crippen LogP contribution in [0.3, 0.4) is 0 Å². The molecule has 0 aromatic heterocycles. The van der Waals surface area contributed by atoms with Gasteiger partial charge in [-0.05, 0) is 49.7 Å². The van der Waals surface area contributed by atoms with Gasteiger partial charge in [-0.15, -0.1) is 20.0 Å². The lowest BCUT2D eigenvalue weighted by molar-refractivity contribution is 0.387. The third-order valence-corrected chi connectivity index (χ3v) is 10.3. The average Bonchev–Trinajstić information content (AvgIpc) is 2.73. The van der Waals surface area contributed by atoms with E-state index in [0.29, 0.717) is 18.1 Å². The van der Waals surface area contributed by atoms with E-state index in [2.05, 4.69) is 3.63 Å². The maximum atomic E-state index is 13.3. The molecule has 0 aliphatic rings. The molecule has 0 fully saturated rings. The van der Waals surface area contributed by atoms with E-state index < -0.39 is 20.4 Å². The molecule has 0 saturated carbocycles. The summed E-state index contributed by atoms with van der Waals surface area (Å²) in [5.41, 5.74) is 1.01. The number of alkyl halides is 1. The molecule has 0 aliphatic carbocycles. The molecule has 0 saturated heterocycles. The molecule has 0 spiro atoms. The predicted octanol–water partition coefficient (Wildman–Crippen LogP) is 6.24. The zero-order chi connectivity index (χ0) is 20.0. The third kappa shape index (κ3) is 4.61. The highest BCUT2D eigenvalue weighted by molar-refractivity contribution is 8.32. The van der Waals surface area contributed by atoms with E-state index in [0.717, 1.165) is 15.4 Å². The molecule has 3 rings (SSSR count). The van der Waals surface area contributed by atoms with Crippen molar-refractivity contribution in [1.29, 1.82) is 0 Å². The molecular weight excluding hydrogens is 412 g/mol. The molecule has 148 valence electrons. The number of hydrogen-bond acceptors (Lipinski definition) is 2. The van der Waals surface area contributed by atoms with E-state index in [1.54, 1.807) is 24.3 Å². The maximum Gasteiger partial charge on any atom is 0.421 e. The van der Waals surface area contributed by atoms with Crippen LogP contribution in [0.2, 0.25) is 0 Å². The van der Waals surface area contributed by atoms with E-state index in [4.69, 9.17) is 11.6 Å². The summed E-state index contributed by atoms with van der Waals surface area (Å²) < 4.78 is 31.2. The summed E-state index contributed by atoms with van der Waals surface area (Å²) in [6.07, 6.45) is 0.674. The molecule has 3 aromatic rings. The summed E-state index contributed by atoms with van der Waals surface area (Å²) in [5.74, 6) is 1.03. The van der Waals surface area contributed by atoms with Gasteiger partial charge in [0.1, 0.15) is 4.90 Å². The second-order valence-corrected chi connectivity index (χ2v) is 11.6. The molecule has 3 aromatic carbocycles. The van der Waals surface area contributed by atoms with Crippen molar-refractivity contribution in [3.63, 3.8) is 0 Å². The molecule has 1 N–H and O–H groups in total. The van der Waals surface area contributed by atoms with Crippen molar-refractivity contribution in [2.24, 2.45) is 0 Å². The minimum atomic E-state index is -3.84. The Hall–Kier alpha value is -1.79. The highest BCUT2D eigenvalue weighted by atomic mass is 35.5. The Morgan fingerprint density at radius 1 is 0.750 bits per heavy atom. The van der Waals surface area contributed by atoms with Crippen LogP contribution in [0.25, 0.3) is 0 Å². The Morgan fingerprint density at radius 3 is 1.71 bits per heavy atom. The fraction of sp³-hybridized carbons (Fsp3) is 0.182. The summed E-state index contributed by atoms with van der Waals surface area (Å²) in [5, 5.41) is 0. The highest BCUT2D eigenvalue weighted by Crippen LogP contribution is 2.63. The molecule has 3 nitrogen and oxygen atoms in total. The molecule has 0 heterocycles. The molecule has 0 radical (unpaired) electrons. The quantitative estimate of drug-likeness (QED) is 0.238. The third-order valence-electron chi connectivity index (χ3n) is 4.38. The average molecular weight is 436 g/mol. The zero-order valence-corrected chi connectivity index (χ0v) is 18.1. The molecule has 0 amide bonds. The molecule has 0 unspecified atom stereocenters. The van der Waals surface area contributed by atoms with Crippen molar-refractivity contribution < 1.29 is 12.0 Å². The number of benzene rings is 3. The van der Waals surface area contributed by atoms with Gasteiger partial charge in [-0.25, -0.2) is 0 Å². The van der Waals surface area contributed by atoms with Crippen molar-refractivity contribution in [2.75, 3.05) is 11.6 Å². The largest absolute Gasteiger partial charge is 0.421 e. The van der Waals surface area contributed by atoms with E-state index in [-0.39, 0.29) is 4.90 Å². The summed E-state index contributed by atoms with van der Waals surface area (Å²) in [7, 11) is -6.02. The second-order valence-electron chi connectivity index (χ2n) is 6.44. The Bertz CT molecular complexity index is 949. The predicted molar refractivity (Wildman–Crippen MR) is 118 cm³/mol. The molecule has 0 bridgehead atoms. The first-order valence-corrected chi connectivity index (χ1v) is 12.7. The highest BCUT2D eigenvalue weighted by Gasteiger charge is 2.40. The summed E-state index contributed by atoms with van der Waals surface area (Å²) in [6.45, 7) is 1.93. The smallest absolute Gasteiger partial charge is 0.261 e. The maximum absolute atomic E-state index is 13.3. The summed E-state index contributed by atoms with van der Waals surface area (Å²) >= 11 is 6.01. The van der Waals surface area contributed by atoms with Gasteiger partial charge in [-0.2, -0.15) is 0 Å². The van der Waals surface area contributed by atoms with Crippen LogP contribution < -0.4 is 0 Å². The van der Waals surface area contributed by atoms with Crippen molar-refractivity contribution in [1.82, 2.24) is 0 Å². The summed E-state index contributed by atoms with van der Waals surface area (Å²) in [6, 6.07) is 26.2. The Balaban J connectivity index is 2.16. The lowest BCUT2D eigenvalue weighted by atomic mass is 10.2. The Morgan fingerprint density at radius 2 is 1.25 bits per heavy atom. The first kappa shape index (κ1) is 20.9. The fourth-order valence-electron chi connectivity index (χ4n) is 2.97. The van der Waals surface area contributed by atoms with Crippen LogP contribution in [0.1, 0.15) is 12.0 Å². The molecule has 0 atom stereocenters. The van der Waals surface area contributed by atoms with Crippen molar-refractivity contribution in [3.05, 3.63) is 90.5 Å². The van der Waals surface area contributed by atoms with Gasteiger partial charge in [-0.3, -0.25) is 3.63 Å². The van der Waals surface area contributed by atoms with Gasteiger partial charge in [0.25, 0.3) is 0 Å².